The van der Waals surface area contributed by atoms with Crippen LogP contribution in [0.4, 0.5) is 5.82 Å². The highest BCUT2D eigenvalue weighted by molar-refractivity contribution is 5.30. The number of anilines is 1. The summed E-state index contributed by atoms with van der Waals surface area (Å²) in [6.07, 6.45) is 8.87. The summed E-state index contributed by atoms with van der Waals surface area (Å²) in [6.45, 7) is 1.83. The lowest BCUT2D eigenvalue weighted by Crippen LogP contribution is -2.17. The predicted octanol–water partition coefficient (Wildman–Crippen LogP) is 1.71. The summed E-state index contributed by atoms with van der Waals surface area (Å²) in [7, 11) is 1.76. The minimum absolute atomic E-state index is 0.452. The van der Waals surface area contributed by atoms with Gasteiger partial charge in [-0.15, -0.1) is 0 Å². The molecule has 0 aliphatic heterocycles. The van der Waals surface area contributed by atoms with E-state index in [-0.39, 0.29) is 0 Å². The second-order valence-corrected chi connectivity index (χ2v) is 4.19. The second kappa shape index (κ2) is 4.57. The van der Waals surface area contributed by atoms with Crippen molar-refractivity contribution < 1.29 is 4.74 Å². The van der Waals surface area contributed by atoms with Gasteiger partial charge in [0.05, 0.1) is 6.20 Å². The zero-order valence-electron chi connectivity index (χ0n) is 9.07. The van der Waals surface area contributed by atoms with Crippen LogP contribution in [0.2, 0.25) is 0 Å². The van der Waals surface area contributed by atoms with Crippen LogP contribution < -0.4 is 5.32 Å². The first kappa shape index (κ1) is 10.4. The molecule has 1 fully saturated rings. The van der Waals surface area contributed by atoms with Gasteiger partial charge in [0.2, 0.25) is 0 Å². The maximum Gasteiger partial charge on any atom is 0.144 e. The van der Waals surface area contributed by atoms with Crippen molar-refractivity contribution in [2.75, 3.05) is 25.6 Å². The van der Waals surface area contributed by atoms with Crippen molar-refractivity contribution >= 4 is 5.82 Å². The molecule has 4 heteroatoms. The van der Waals surface area contributed by atoms with Crippen LogP contribution in [-0.2, 0) is 4.74 Å². The third kappa shape index (κ3) is 2.89. The number of nitrogens with one attached hydrogen (secondary N) is 1. The molecule has 1 N–H and O–H groups in total. The second-order valence-electron chi connectivity index (χ2n) is 4.19. The van der Waals surface area contributed by atoms with Gasteiger partial charge in [-0.1, -0.05) is 0 Å². The molecule has 0 spiro atoms. The van der Waals surface area contributed by atoms with Crippen LogP contribution in [0, 0.1) is 5.41 Å². The summed E-state index contributed by atoms with van der Waals surface area (Å²) in [4.78, 5) is 8.20. The highest BCUT2D eigenvalue weighted by atomic mass is 16.5. The van der Waals surface area contributed by atoms with Gasteiger partial charge in [0.1, 0.15) is 5.82 Å². The summed E-state index contributed by atoms with van der Waals surface area (Å²) in [5.74, 6) is 0.862. The van der Waals surface area contributed by atoms with Crippen molar-refractivity contribution in [3.63, 3.8) is 0 Å². The molecule has 2 rings (SSSR count). The number of hydrogen-bond acceptors (Lipinski definition) is 4. The van der Waals surface area contributed by atoms with E-state index in [1.54, 1.807) is 25.7 Å². The van der Waals surface area contributed by atoms with Gasteiger partial charge in [-0.2, -0.15) is 0 Å². The van der Waals surface area contributed by atoms with E-state index in [4.69, 9.17) is 4.74 Å². The monoisotopic (exact) mass is 207 g/mol. The lowest BCUT2D eigenvalue weighted by atomic mass is 10.0. The summed E-state index contributed by atoms with van der Waals surface area (Å²) >= 11 is 0. The zero-order chi connectivity index (χ0) is 10.6. The largest absolute Gasteiger partial charge is 0.385 e. The van der Waals surface area contributed by atoms with Gasteiger partial charge in [0, 0.05) is 32.7 Å². The van der Waals surface area contributed by atoms with E-state index in [2.05, 4.69) is 15.3 Å². The molecular weight excluding hydrogens is 190 g/mol. The molecule has 15 heavy (non-hydrogen) atoms. The fourth-order valence-corrected chi connectivity index (χ4v) is 1.68. The summed E-state index contributed by atoms with van der Waals surface area (Å²) < 4.78 is 5.11. The average Bonchev–Trinajstić information content (AvgIpc) is 3.06. The molecule has 1 aliphatic carbocycles. The summed E-state index contributed by atoms with van der Waals surface area (Å²) in [5, 5.41) is 3.33. The standard InChI is InChI=1S/C11H17N3O/c1-15-7-4-11(2-3-11)9-14-10-8-12-5-6-13-10/h5-6,8H,2-4,7,9H2,1H3,(H,13,14). The first-order valence-corrected chi connectivity index (χ1v) is 5.33. The molecule has 1 aromatic heterocycles. The van der Waals surface area contributed by atoms with Gasteiger partial charge in [0.15, 0.2) is 0 Å². The van der Waals surface area contributed by atoms with Crippen LogP contribution in [0.15, 0.2) is 18.6 Å². The van der Waals surface area contributed by atoms with Crippen LogP contribution in [0.25, 0.3) is 0 Å². The Morgan fingerprint density at radius 2 is 2.33 bits per heavy atom. The van der Waals surface area contributed by atoms with Crippen LogP contribution in [0.3, 0.4) is 0 Å². The minimum atomic E-state index is 0.452. The molecule has 0 saturated heterocycles. The van der Waals surface area contributed by atoms with E-state index >= 15 is 0 Å². The Morgan fingerprint density at radius 1 is 1.47 bits per heavy atom. The number of hydrogen-bond donors (Lipinski definition) is 1. The SMILES string of the molecule is COCCC1(CNc2cnccn2)CC1. The Bertz CT molecular complexity index is 298. The summed E-state index contributed by atoms with van der Waals surface area (Å²) in [6, 6.07) is 0. The van der Waals surface area contributed by atoms with Gasteiger partial charge in [-0.3, -0.25) is 4.98 Å². The first-order chi connectivity index (χ1) is 7.35. The first-order valence-electron chi connectivity index (χ1n) is 5.33. The van der Waals surface area contributed by atoms with Gasteiger partial charge < -0.3 is 10.1 Å². The maximum absolute atomic E-state index is 5.11. The highest BCUT2D eigenvalue weighted by Gasteiger charge is 2.41. The van der Waals surface area contributed by atoms with Crippen LogP contribution in [0.1, 0.15) is 19.3 Å². The molecule has 1 saturated carbocycles. The van der Waals surface area contributed by atoms with E-state index in [1.165, 1.54) is 12.8 Å². The van der Waals surface area contributed by atoms with Gasteiger partial charge in [0.25, 0.3) is 0 Å². The minimum Gasteiger partial charge on any atom is -0.385 e. The average molecular weight is 207 g/mol. The molecule has 0 bridgehead atoms. The van der Waals surface area contributed by atoms with Crippen LogP contribution in [-0.4, -0.2) is 30.2 Å². The lowest BCUT2D eigenvalue weighted by molar-refractivity contribution is 0.175. The molecule has 1 aromatic rings. The fourth-order valence-electron chi connectivity index (χ4n) is 1.68. The topological polar surface area (TPSA) is 47.0 Å². The van der Waals surface area contributed by atoms with Gasteiger partial charge >= 0.3 is 0 Å². The number of methoxy groups -OCH3 is 1. The number of rotatable bonds is 6. The molecule has 1 aliphatic rings. The van der Waals surface area contributed by atoms with Crippen molar-refractivity contribution in [3.8, 4) is 0 Å². The molecule has 0 radical (unpaired) electrons. The number of ether oxygens (including phenoxy) is 1. The molecule has 1 heterocycles. The fraction of sp³-hybridized carbons (Fsp3) is 0.636. The van der Waals surface area contributed by atoms with Crippen molar-refractivity contribution in [3.05, 3.63) is 18.6 Å². The molecule has 0 amide bonds. The molecule has 82 valence electrons. The third-order valence-corrected chi connectivity index (χ3v) is 3.00. The highest BCUT2D eigenvalue weighted by Crippen LogP contribution is 2.48. The Morgan fingerprint density at radius 3 is 2.93 bits per heavy atom. The predicted molar refractivity (Wildman–Crippen MR) is 58.7 cm³/mol. The molecule has 0 unspecified atom stereocenters. The van der Waals surface area contributed by atoms with E-state index < -0.39 is 0 Å². The smallest absolute Gasteiger partial charge is 0.144 e. The van der Waals surface area contributed by atoms with E-state index in [9.17, 15) is 0 Å². The summed E-state index contributed by atoms with van der Waals surface area (Å²) in [5.41, 5.74) is 0.452. The normalized spacial score (nSPS) is 17.4. The van der Waals surface area contributed by atoms with Crippen molar-refractivity contribution in [1.82, 2.24) is 9.97 Å². The van der Waals surface area contributed by atoms with E-state index in [0.29, 0.717) is 5.41 Å². The lowest BCUT2D eigenvalue weighted by Gasteiger charge is -2.15. The van der Waals surface area contributed by atoms with Gasteiger partial charge in [-0.25, -0.2) is 4.98 Å². The van der Waals surface area contributed by atoms with E-state index in [1.807, 2.05) is 0 Å². The van der Waals surface area contributed by atoms with Crippen LogP contribution >= 0.6 is 0 Å². The van der Waals surface area contributed by atoms with Gasteiger partial charge in [-0.05, 0) is 24.7 Å². The molecular formula is C11H17N3O. The molecule has 0 aromatic carbocycles. The Hall–Kier alpha value is -1.16. The maximum atomic E-state index is 5.11. The Labute approximate surface area is 90.1 Å². The quantitative estimate of drug-likeness (QED) is 0.771. The molecule has 4 nitrogen and oxygen atoms in total. The van der Waals surface area contributed by atoms with E-state index in [0.717, 1.165) is 25.4 Å². The zero-order valence-corrected chi connectivity index (χ0v) is 9.07. The van der Waals surface area contributed by atoms with Crippen molar-refractivity contribution in [2.24, 2.45) is 5.41 Å². The third-order valence-electron chi connectivity index (χ3n) is 3.00. The number of aromatic nitrogens is 2. The van der Waals surface area contributed by atoms with Crippen molar-refractivity contribution in [2.45, 2.75) is 19.3 Å². The number of nitrogens with zero attached hydrogens (tertiary/aromatic N) is 2. The Kier molecular flexibility index (Phi) is 3.16. The Balaban J connectivity index is 1.78. The molecule has 0 atom stereocenters. The van der Waals surface area contributed by atoms with Crippen molar-refractivity contribution in [1.29, 1.82) is 0 Å². The van der Waals surface area contributed by atoms with Crippen LogP contribution in [0.5, 0.6) is 0 Å².